The number of morpholine rings is 1. The van der Waals surface area contributed by atoms with Crippen molar-refractivity contribution in [3.8, 4) is 0 Å². The van der Waals surface area contributed by atoms with Gasteiger partial charge in [-0.3, -0.25) is 9.20 Å². The lowest BCUT2D eigenvalue weighted by Gasteiger charge is -2.39. The molecule has 1 unspecified atom stereocenters. The van der Waals surface area contributed by atoms with Crippen molar-refractivity contribution < 1.29 is 19.0 Å². The molecule has 164 valence electrons. The summed E-state index contributed by atoms with van der Waals surface area (Å²) in [6, 6.07) is 1.20. The molecule has 31 heavy (non-hydrogen) atoms. The summed E-state index contributed by atoms with van der Waals surface area (Å²) in [6.45, 7) is 2.76. The van der Waals surface area contributed by atoms with Gasteiger partial charge in [-0.1, -0.05) is 0 Å². The Balaban J connectivity index is 1.79. The first-order valence-electron chi connectivity index (χ1n) is 10.0. The van der Waals surface area contributed by atoms with Gasteiger partial charge < -0.3 is 24.5 Å². The molecule has 2 aliphatic heterocycles. The van der Waals surface area contributed by atoms with E-state index in [-0.39, 0.29) is 17.1 Å². The van der Waals surface area contributed by atoms with Crippen molar-refractivity contribution in [3.63, 3.8) is 0 Å². The molecule has 2 aromatic heterocycles. The van der Waals surface area contributed by atoms with E-state index in [2.05, 4.69) is 0 Å². The fourth-order valence-corrected chi connectivity index (χ4v) is 5.78. The van der Waals surface area contributed by atoms with Crippen molar-refractivity contribution in [3.05, 3.63) is 38.7 Å². The zero-order valence-corrected chi connectivity index (χ0v) is 18.3. The molecule has 0 spiro atoms. The van der Waals surface area contributed by atoms with Gasteiger partial charge in [-0.05, 0) is 20.2 Å². The first-order chi connectivity index (χ1) is 14.8. The van der Waals surface area contributed by atoms with Crippen molar-refractivity contribution >= 4 is 44.4 Å². The van der Waals surface area contributed by atoms with Crippen LogP contribution in [0.5, 0.6) is 0 Å². The Labute approximate surface area is 181 Å². The average molecular weight is 447 g/mol. The molecular formula is C21H23FN4O4S. The number of anilines is 2. The number of hydrogen-bond donors (Lipinski definition) is 1. The third-order valence-electron chi connectivity index (χ3n) is 5.93. The summed E-state index contributed by atoms with van der Waals surface area (Å²) < 4.78 is 23.2. The van der Waals surface area contributed by atoms with Gasteiger partial charge in [0.15, 0.2) is 0 Å². The zero-order valence-electron chi connectivity index (χ0n) is 17.5. The standard InChI is InChI=1S/C21H23FN4O4S/c1-23(2)8-12-9-25(4-5-30-12)17-14(22)6-13-16-18(17)24(3)7-11-10-31-20(26(11)16)15(19(13)27)21(28)29/h6,10,12H,4-5,7-9H2,1-3H3,(H,28,29). The second-order valence-electron chi connectivity index (χ2n) is 8.39. The number of carbonyl (C=O) groups is 1. The summed E-state index contributed by atoms with van der Waals surface area (Å²) in [5.41, 5.74) is 1.56. The molecule has 0 saturated carbocycles. The fourth-order valence-electron chi connectivity index (χ4n) is 4.74. The summed E-state index contributed by atoms with van der Waals surface area (Å²) in [6.07, 6.45) is -0.0613. The highest BCUT2D eigenvalue weighted by atomic mass is 32.1. The Hall–Kier alpha value is -2.69. The molecule has 8 nitrogen and oxygen atoms in total. The monoisotopic (exact) mass is 446 g/mol. The number of carboxylic acids is 1. The van der Waals surface area contributed by atoms with E-state index in [1.807, 2.05) is 45.6 Å². The maximum Gasteiger partial charge on any atom is 0.342 e. The van der Waals surface area contributed by atoms with Gasteiger partial charge in [-0.25, -0.2) is 9.18 Å². The number of benzene rings is 1. The van der Waals surface area contributed by atoms with Crippen LogP contribution in [-0.4, -0.2) is 73.9 Å². The van der Waals surface area contributed by atoms with Crippen molar-refractivity contribution in [2.45, 2.75) is 12.6 Å². The lowest BCUT2D eigenvalue weighted by molar-refractivity contribution is 0.0246. The predicted molar refractivity (Wildman–Crippen MR) is 119 cm³/mol. The van der Waals surface area contributed by atoms with Gasteiger partial charge in [0.05, 0.1) is 47.2 Å². The average Bonchev–Trinajstić information content (AvgIpc) is 3.10. The molecule has 2 aliphatic rings. The van der Waals surface area contributed by atoms with E-state index in [4.69, 9.17) is 4.74 Å². The van der Waals surface area contributed by atoms with Gasteiger partial charge in [-0.2, -0.15) is 0 Å². The molecule has 0 radical (unpaired) electrons. The summed E-state index contributed by atoms with van der Waals surface area (Å²) in [5.74, 6) is -1.82. The second kappa shape index (κ2) is 7.18. The number of halogens is 1. The van der Waals surface area contributed by atoms with Crippen molar-refractivity contribution in [1.82, 2.24) is 9.30 Å². The number of ether oxygens (including phenoxy) is 1. The van der Waals surface area contributed by atoms with E-state index in [1.165, 1.54) is 17.4 Å². The van der Waals surface area contributed by atoms with E-state index < -0.39 is 17.2 Å². The maximum atomic E-state index is 15.6. The highest BCUT2D eigenvalue weighted by Crippen LogP contribution is 2.43. The van der Waals surface area contributed by atoms with Gasteiger partial charge in [0.1, 0.15) is 16.2 Å². The van der Waals surface area contributed by atoms with Gasteiger partial charge in [0, 0.05) is 32.1 Å². The fraction of sp³-hybridized carbons (Fsp3) is 0.429. The molecule has 0 aliphatic carbocycles. The summed E-state index contributed by atoms with van der Waals surface area (Å²) in [4.78, 5) is 31.3. The predicted octanol–water partition coefficient (Wildman–Crippen LogP) is 2.07. The molecule has 3 aromatic rings. The van der Waals surface area contributed by atoms with Crippen LogP contribution in [0.1, 0.15) is 16.1 Å². The normalized spacial score (nSPS) is 18.7. The van der Waals surface area contributed by atoms with Gasteiger partial charge in [0.25, 0.3) is 0 Å². The molecule has 10 heteroatoms. The van der Waals surface area contributed by atoms with E-state index in [9.17, 15) is 14.7 Å². The third kappa shape index (κ3) is 3.00. The largest absolute Gasteiger partial charge is 0.477 e. The molecule has 1 N–H and O–H groups in total. The third-order valence-corrected chi connectivity index (χ3v) is 6.93. The number of pyridine rings is 1. The first-order valence-corrected chi connectivity index (χ1v) is 10.9. The lowest BCUT2D eigenvalue weighted by Crippen LogP contribution is -2.47. The SMILES string of the molecule is CN(C)CC1CN(c2c(F)cc3c(=O)c(C(=O)O)c4scc5n4c3c2N(C)C5)CCO1. The molecule has 1 aromatic carbocycles. The highest BCUT2D eigenvalue weighted by Gasteiger charge is 2.33. The number of hydrogen-bond acceptors (Lipinski definition) is 7. The Morgan fingerprint density at radius 2 is 2.16 bits per heavy atom. The number of thiazole rings is 1. The minimum absolute atomic E-state index is 0.0613. The molecule has 1 saturated heterocycles. The lowest BCUT2D eigenvalue weighted by atomic mass is 10.0. The number of rotatable bonds is 4. The van der Waals surface area contributed by atoms with Crippen LogP contribution in [0.25, 0.3) is 15.7 Å². The van der Waals surface area contributed by atoms with Crippen molar-refractivity contribution in [1.29, 1.82) is 0 Å². The molecule has 0 bridgehead atoms. The minimum atomic E-state index is -1.29. The molecule has 1 atom stereocenters. The van der Waals surface area contributed by atoms with E-state index in [0.29, 0.717) is 48.0 Å². The second-order valence-corrected chi connectivity index (χ2v) is 9.24. The van der Waals surface area contributed by atoms with Crippen LogP contribution in [-0.2, 0) is 11.3 Å². The number of likely N-dealkylation sites (N-methyl/N-ethyl adjacent to an activating group) is 1. The summed E-state index contributed by atoms with van der Waals surface area (Å²) >= 11 is 1.23. The molecular weight excluding hydrogens is 423 g/mol. The molecule has 5 rings (SSSR count). The van der Waals surface area contributed by atoms with Crippen LogP contribution in [0.15, 0.2) is 16.2 Å². The number of aromatic nitrogens is 1. The molecule has 1 fully saturated rings. The topological polar surface area (TPSA) is 77.7 Å². The Morgan fingerprint density at radius 1 is 1.39 bits per heavy atom. The van der Waals surface area contributed by atoms with Crippen molar-refractivity contribution in [2.24, 2.45) is 0 Å². The number of nitrogens with zero attached hydrogens (tertiary/aromatic N) is 4. The van der Waals surface area contributed by atoms with Gasteiger partial charge in [-0.15, -0.1) is 11.3 Å². The van der Waals surface area contributed by atoms with Crippen LogP contribution < -0.4 is 15.2 Å². The van der Waals surface area contributed by atoms with Gasteiger partial charge in [0.2, 0.25) is 5.43 Å². The van der Waals surface area contributed by atoms with Crippen LogP contribution in [0.4, 0.5) is 15.8 Å². The Bertz CT molecular complexity index is 1280. The molecule has 0 amide bonds. The summed E-state index contributed by atoms with van der Waals surface area (Å²) in [5, 5.41) is 11.6. The smallest absolute Gasteiger partial charge is 0.342 e. The Kier molecular flexibility index (Phi) is 4.68. The Morgan fingerprint density at radius 3 is 2.87 bits per heavy atom. The quantitative estimate of drug-likeness (QED) is 0.657. The highest BCUT2D eigenvalue weighted by molar-refractivity contribution is 7.16. The van der Waals surface area contributed by atoms with Crippen LogP contribution in [0, 0.1) is 5.82 Å². The number of carboxylic acid groups (broad SMARTS) is 1. The van der Waals surface area contributed by atoms with Crippen LogP contribution >= 0.6 is 11.3 Å². The van der Waals surface area contributed by atoms with E-state index in [0.717, 1.165) is 12.2 Å². The van der Waals surface area contributed by atoms with E-state index >= 15 is 4.39 Å². The van der Waals surface area contributed by atoms with Gasteiger partial charge >= 0.3 is 5.97 Å². The van der Waals surface area contributed by atoms with E-state index in [1.54, 1.807) is 0 Å². The first kappa shape index (κ1) is 20.2. The number of aromatic carboxylic acids is 1. The summed E-state index contributed by atoms with van der Waals surface area (Å²) in [7, 11) is 5.81. The van der Waals surface area contributed by atoms with Crippen LogP contribution in [0.3, 0.4) is 0 Å². The minimum Gasteiger partial charge on any atom is -0.477 e. The van der Waals surface area contributed by atoms with Crippen LogP contribution in [0.2, 0.25) is 0 Å². The molecule has 4 heterocycles. The van der Waals surface area contributed by atoms with Crippen molar-refractivity contribution in [2.75, 3.05) is 57.2 Å². The maximum absolute atomic E-state index is 15.6. The zero-order chi connectivity index (χ0) is 22.0.